The zero-order valence-electron chi connectivity index (χ0n) is 9.72. The zero-order chi connectivity index (χ0) is 11.9. The summed E-state index contributed by atoms with van der Waals surface area (Å²) in [6.45, 7) is 6.52. The SMILES string of the molecule is CCN(CC)C(=O)[C@@H]1[C@@H]2CN(C(=O)O)C[C@@H]21. The second-order valence-electron chi connectivity index (χ2n) is 4.55. The van der Waals surface area contributed by atoms with Crippen LogP contribution in [0.3, 0.4) is 0 Å². The molecule has 2 fully saturated rings. The lowest BCUT2D eigenvalue weighted by atomic mass is 10.2. The summed E-state index contributed by atoms with van der Waals surface area (Å²) in [6, 6.07) is 0. The van der Waals surface area contributed by atoms with Gasteiger partial charge in [0.05, 0.1) is 0 Å². The van der Waals surface area contributed by atoms with E-state index in [1.165, 1.54) is 4.90 Å². The van der Waals surface area contributed by atoms with Crippen molar-refractivity contribution in [1.82, 2.24) is 9.80 Å². The van der Waals surface area contributed by atoms with Crippen LogP contribution in [0.5, 0.6) is 0 Å². The molecule has 5 nitrogen and oxygen atoms in total. The van der Waals surface area contributed by atoms with Gasteiger partial charge in [-0.2, -0.15) is 0 Å². The predicted octanol–water partition coefficient (Wildman–Crippen LogP) is 0.711. The normalized spacial score (nSPS) is 31.1. The monoisotopic (exact) mass is 226 g/mol. The highest BCUT2D eigenvalue weighted by Crippen LogP contribution is 2.52. The van der Waals surface area contributed by atoms with Crippen molar-refractivity contribution in [3.8, 4) is 0 Å². The zero-order valence-corrected chi connectivity index (χ0v) is 9.72. The summed E-state index contributed by atoms with van der Waals surface area (Å²) in [4.78, 5) is 26.0. The van der Waals surface area contributed by atoms with Crippen molar-refractivity contribution >= 4 is 12.0 Å². The van der Waals surface area contributed by atoms with E-state index < -0.39 is 6.09 Å². The highest BCUT2D eigenvalue weighted by Gasteiger charge is 2.60. The molecule has 1 saturated carbocycles. The van der Waals surface area contributed by atoms with Crippen LogP contribution in [-0.4, -0.2) is 53.1 Å². The number of hydrogen-bond donors (Lipinski definition) is 1. The van der Waals surface area contributed by atoms with Crippen molar-refractivity contribution < 1.29 is 14.7 Å². The fourth-order valence-corrected chi connectivity index (χ4v) is 2.79. The van der Waals surface area contributed by atoms with Crippen LogP contribution in [0.15, 0.2) is 0 Å². The van der Waals surface area contributed by atoms with Crippen molar-refractivity contribution in [2.24, 2.45) is 17.8 Å². The van der Waals surface area contributed by atoms with Crippen LogP contribution in [0.25, 0.3) is 0 Å². The summed E-state index contributed by atoms with van der Waals surface area (Å²) in [5.41, 5.74) is 0. The van der Waals surface area contributed by atoms with E-state index >= 15 is 0 Å². The smallest absolute Gasteiger partial charge is 0.407 e. The summed E-state index contributed by atoms with van der Waals surface area (Å²) in [5.74, 6) is 0.869. The molecule has 16 heavy (non-hydrogen) atoms. The van der Waals surface area contributed by atoms with Crippen LogP contribution in [0.2, 0.25) is 0 Å². The molecule has 5 heteroatoms. The van der Waals surface area contributed by atoms with E-state index in [2.05, 4.69) is 0 Å². The Hall–Kier alpha value is -1.26. The molecule has 2 rings (SSSR count). The fourth-order valence-electron chi connectivity index (χ4n) is 2.79. The van der Waals surface area contributed by atoms with Gasteiger partial charge in [0.15, 0.2) is 0 Å². The number of amides is 2. The molecule has 0 bridgehead atoms. The molecule has 1 aliphatic carbocycles. The maximum atomic E-state index is 12.0. The summed E-state index contributed by atoms with van der Waals surface area (Å²) in [7, 11) is 0. The van der Waals surface area contributed by atoms with Gasteiger partial charge in [0, 0.05) is 32.1 Å². The molecule has 1 saturated heterocycles. The fraction of sp³-hybridized carbons (Fsp3) is 0.818. The summed E-state index contributed by atoms with van der Waals surface area (Å²) in [6.07, 6.45) is -0.860. The van der Waals surface area contributed by atoms with Crippen LogP contribution >= 0.6 is 0 Å². The Morgan fingerprint density at radius 3 is 2.12 bits per heavy atom. The molecule has 0 aromatic rings. The number of carbonyl (C=O) groups is 2. The molecular weight excluding hydrogens is 208 g/mol. The van der Waals surface area contributed by atoms with Gasteiger partial charge in [-0.15, -0.1) is 0 Å². The van der Waals surface area contributed by atoms with Gasteiger partial charge in [0.25, 0.3) is 0 Å². The summed E-state index contributed by atoms with van der Waals surface area (Å²) in [5, 5.41) is 8.81. The van der Waals surface area contributed by atoms with Gasteiger partial charge >= 0.3 is 6.09 Å². The van der Waals surface area contributed by atoms with Gasteiger partial charge in [0.1, 0.15) is 0 Å². The largest absolute Gasteiger partial charge is 0.465 e. The average molecular weight is 226 g/mol. The Morgan fingerprint density at radius 2 is 1.75 bits per heavy atom. The molecule has 90 valence electrons. The van der Waals surface area contributed by atoms with Gasteiger partial charge < -0.3 is 14.9 Å². The topological polar surface area (TPSA) is 60.9 Å². The lowest BCUT2D eigenvalue weighted by Crippen LogP contribution is -2.36. The van der Waals surface area contributed by atoms with E-state index in [0.29, 0.717) is 13.1 Å². The summed E-state index contributed by atoms with van der Waals surface area (Å²) >= 11 is 0. The molecular formula is C11H18N2O3. The third kappa shape index (κ3) is 1.64. The van der Waals surface area contributed by atoms with Gasteiger partial charge in [-0.3, -0.25) is 4.79 Å². The van der Waals surface area contributed by atoms with Crippen LogP contribution < -0.4 is 0 Å². The summed E-state index contributed by atoms with van der Waals surface area (Å²) < 4.78 is 0. The van der Waals surface area contributed by atoms with E-state index in [4.69, 9.17) is 5.11 Å². The molecule has 2 amide bonds. The molecule has 1 N–H and O–H groups in total. The van der Waals surface area contributed by atoms with E-state index in [9.17, 15) is 9.59 Å². The minimum atomic E-state index is -0.860. The van der Waals surface area contributed by atoms with Gasteiger partial charge in [-0.1, -0.05) is 0 Å². The Morgan fingerprint density at radius 1 is 1.25 bits per heavy atom. The van der Waals surface area contributed by atoms with Gasteiger partial charge in [-0.25, -0.2) is 4.79 Å². The van der Waals surface area contributed by atoms with E-state index in [0.717, 1.165) is 13.1 Å². The van der Waals surface area contributed by atoms with Crippen molar-refractivity contribution in [2.45, 2.75) is 13.8 Å². The minimum absolute atomic E-state index is 0.0931. The highest BCUT2D eigenvalue weighted by molar-refractivity contribution is 5.83. The number of nitrogens with zero attached hydrogens (tertiary/aromatic N) is 2. The highest BCUT2D eigenvalue weighted by atomic mass is 16.4. The Balaban J connectivity index is 1.90. The number of rotatable bonds is 3. The number of hydrogen-bond acceptors (Lipinski definition) is 2. The van der Waals surface area contributed by atoms with Crippen LogP contribution in [0.1, 0.15) is 13.8 Å². The second kappa shape index (κ2) is 3.96. The molecule has 2 aliphatic rings. The molecule has 0 spiro atoms. The van der Waals surface area contributed by atoms with E-state index in [1.54, 1.807) is 0 Å². The third-order valence-corrected chi connectivity index (χ3v) is 3.82. The lowest BCUT2D eigenvalue weighted by Gasteiger charge is -2.21. The van der Waals surface area contributed by atoms with Gasteiger partial charge in [-0.05, 0) is 25.7 Å². The van der Waals surface area contributed by atoms with Crippen LogP contribution in [0.4, 0.5) is 4.79 Å². The maximum Gasteiger partial charge on any atom is 0.407 e. The van der Waals surface area contributed by atoms with E-state index in [-0.39, 0.29) is 23.7 Å². The number of piperidine rings is 1. The number of carbonyl (C=O) groups excluding carboxylic acids is 1. The second-order valence-corrected chi connectivity index (χ2v) is 4.55. The van der Waals surface area contributed by atoms with Crippen molar-refractivity contribution in [2.75, 3.05) is 26.2 Å². The number of likely N-dealkylation sites (tertiary alicyclic amines) is 1. The molecule has 0 radical (unpaired) electrons. The maximum absolute atomic E-state index is 12.0. The first-order valence-electron chi connectivity index (χ1n) is 5.86. The first-order valence-corrected chi connectivity index (χ1v) is 5.86. The molecule has 0 aromatic carbocycles. The molecule has 1 heterocycles. The quantitative estimate of drug-likeness (QED) is 0.771. The van der Waals surface area contributed by atoms with Crippen molar-refractivity contribution in [3.63, 3.8) is 0 Å². The predicted molar refractivity (Wildman–Crippen MR) is 58.0 cm³/mol. The third-order valence-electron chi connectivity index (χ3n) is 3.82. The van der Waals surface area contributed by atoms with Gasteiger partial charge in [0.2, 0.25) is 5.91 Å². The molecule has 0 aromatic heterocycles. The minimum Gasteiger partial charge on any atom is -0.465 e. The first-order chi connectivity index (χ1) is 7.60. The van der Waals surface area contributed by atoms with Crippen molar-refractivity contribution in [1.29, 1.82) is 0 Å². The number of carboxylic acid groups (broad SMARTS) is 1. The van der Waals surface area contributed by atoms with Crippen molar-refractivity contribution in [3.05, 3.63) is 0 Å². The standard InChI is InChI=1S/C11H18N2O3/c1-3-12(4-2)10(14)9-7-5-13(11(15)16)6-8(7)9/h7-9H,3-6H2,1-2H3,(H,15,16)/t7-,8+,9-. The first kappa shape index (κ1) is 11.2. The lowest BCUT2D eigenvalue weighted by molar-refractivity contribution is -0.133. The molecule has 3 atom stereocenters. The van der Waals surface area contributed by atoms with E-state index in [1.807, 2.05) is 18.7 Å². The Bertz CT molecular complexity index is 302. The molecule has 1 aliphatic heterocycles. The van der Waals surface area contributed by atoms with Crippen LogP contribution in [-0.2, 0) is 4.79 Å². The van der Waals surface area contributed by atoms with Crippen LogP contribution in [0, 0.1) is 17.8 Å². The molecule has 0 unspecified atom stereocenters. The number of fused-ring (bicyclic) bond motifs is 1. The average Bonchev–Trinajstić information content (AvgIpc) is 2.74. The Kier molecular flexibility index (Phi) is 2.78. The Labute approximate surface area is 95.0 Å².